The normalized spacial score (nSPS) is 14.0. The molecule has 5 nitrogen and oxygen atoms in total. The van der Waals surface area contributed by atoms with Gasteiger partial charge < -0.3 is 0 Å². The van der Waals surface area contributed by atoms with Crippen LogP contribution in [-0.4, -0.2) is 20.8 Å². The molecule has 5 heteroatoms. The maximum absolute atomic E-state index is 5.68. The van der Waals surface area contributed by atoms with Crippen LogP contribution in [0, 0.1) is 0 Å². The number of rotatable bonds is 8. The summed E-state index contributed by atoms with van der Waals surface area (Å²) < 4.78 is 2.03. The fraction of sp³-hybridized carbons (Fsp3) is 0.500. The van der Waals surface area contributed by atoms with Crippen molar-refractivity contribution >= 4 is 0 Å². The second-order valence-electron chi connectivity index (χ2n) is 5.51. The maximum atomic E-state index is 5.68. The van der Waals surface area contributed by atoms with Crippen molar-refractivity contribution in [1.82, 2.24) is 20.2 Å². The van der Waals surface area contributed by atoms with Crippen molar-refractivity contribution in [2.45, 2.75) is 51.6 Å². The summed E-state index contributed by atoms with van der Waals surface area (Å²) in [5.41, 5.74) is 5.29. The maximum Gasteiger partial charge on any atom is 0.0640 e. The van der Waals surface area contributed by atoms with Gasteiger partial charge in [-0.05, 0) is 49.9 Å². The fourth-order valence-corrected chi connectivity index (χ4v) is 2.31. The third kappa shape index (κ3) is 4.65. The molecule has 0 saturated carbocycles. The highest BCUT2D eigenvalue weighted by molar-refractivity contribution is 5.10. The predicted octanol–water partition coefficient (Wildman–Crippen LogP) is 2.26. The van der Waals surface area contributed by atoms with Crippen molar-refractivity contribution in [2.24, 2.45) is 5.84 Å². The number of nitrogens with one attached hydrogen (secondary N) is 1. The van der Waals surface area contributed by atoms with Gasteiger partial charge in [0.05, 0.1) is 5.69 Å². The summed E-state index contributed by atoms with van der Waals surface area (Å²) in [5, 5.41) is 4.63. The van der Waals surface area contributed by atoms with E-state index in [4.69, 9.17) is 5.84 Å². The topological polar surface area (TPSA) is 68.8 Å². The Bertz CT molecular complexity index is 522. The first kappa shape index (κ1) is 15.7. The van der Waals surface area contributed by atoms with Gasteiger partial charge in [-0.3, -0.25) is 20.9 Å². The molecule has 2 heterocycles. The lowest BCUT2D eigenvalue weighted by molar-refractivity contribution is 0.457. The summed E-state index contributed by atoms with van der Waals surface area (Å²) >= 11 is 0. The Morgan fingerprint density at radius 1 is 1.29 bits per heavy atom. The van der Waals surface area contributed by atoms with Crippen molar-refractivity contribution in [3.63, 3.8) is 0 Å². The monoisotopic (exact) mass is 287 g/mol. The van der Waals surface area contributed by atoms with Crippen LogP contribution in [-0.2, 0) is 12.8 Å². The zero-order valence-electron chi connectivity index (χ0n) is 12.9. The van der Waals surface area contributed by atoms with Crippen LogP contribution >= 0.6 is 0 Å². The molecule has 2 aromatic heterocycles. The van der Waals surface area contributed by atoms with Crippen molar-refractivity contribution < 1.29 is 0 Å². The van der Waals surface area contributed by atoms with Crippen LogP contribution in [0.25, 0.3) is 0 Å². The van der Waals surface area contributed by atoms with Crippen LogP contribution in [0.5, 0.6) is 0 Å². The largest absolute Gasteiger partial charge is 0.271 e. The molecule has 0 radical (unpaired) electrons. The van der Waals surface area contributed by atoms with Crippen molar-refractivity contribution in [2.75, 3.05) is 0 Å². The average molecular weight is 287 g/mol. The minimum Gasteiger partial charge on any atom is -0.271 e. The molecular formula is C16H25N5. The van der Waals surface area contributed by atoms with E-state index in [-0.39, 0.29) is 6.04 Å². The van der Waals surface area contributed by atoms with E-state index in [9.17, 15) is 0 Å². The first-order valence-electron chi connectivity index (χ1n) is 7.62. The van der Waals surface area contributed by atoms with Gasteiger partial charge >= 0.3 is 0 Å². The number of hydrazine groups is 1. The summed E-state index contributed by atoms with van der Waals surface area (Å²) in [5.74, 6) is 5.68. The van der Waals surface area contributed by atoms with Crippen molar-refractivity contribution in [1.29, 1.82) is 0 Å². The first-order valence-corrected chi connectivity index (χ1v) is 7.62. The summed E-state index contributed by atoms with van der Waals surface area (Å²) in [4.78, 5) is 4.03. The third-order valence-electron chi connectivity index (χ3n) is 3.93. The highest BCUT2D eigenvalue weighted by atomic mass is 15.3. The Kier molecular flexibility index (Phi) is 5.90. The van der Waals surface area contributed by atoms with Crippen LogP contribution in [0.3, 0.4) is 0 Å². The zero-order chi connectivity index (χ0) is 15.1. The second kappa shape index (κ2) is 7.90. The molecule has 0 aromatic carbocycles. The zero-order valence-corrected chi connectivity index (χ0v) is 12.9. The van der Waals surface area contributed by atoms with E-state index in [0.717, 1.165) is 31.4 Å². The van der Waals surface area contributed by atoms with Crippen LogP contribution in [0.2, 0.25) is 0 Å². The van der Waals surface area contributed by atoms with Crippen LogP contribution in [0.1, 0.15) is 44.0 Å². The minimum atomic E-state index is 0.235. The molecule has 0 bridgehead atoms. The number of aryl methyl sites for hydroxylation is 1. The van der Waals surface area contributed by atoms with Crippen LogP contribution in [0.15, 0.2) is 36.8 Å². The third-order valence-corrected chi connectivity index (χ3v) is 3.93. The SMILES string of the molecule is CCC(C)n1ccc(CC(CCc2ccncc2)NN)n1. The molecule has 0 amide bonds. The van der Waals surface area contributed by atoms with E-state index in [2.05, 4.69) is 41.6 Å². The Balaban J connectivity index is 1.88. The molecule has 0 aliphatic rings. The fourth-order valence-electron chi connectivity index (χ4n) is 2.31. The minimum absolute atomic E-state index is 0.235. The van der Waals surface area contributed by atoms with Gasteiger partial charge in [0, 0.05) is 37.1 Å². The van der Waals surface area contributed by atoms with Gasteiger partial charge in [-0.1, -0.05) is 6.92 Å². The lowest BCUT2D eigenvalue weighted by Crippen LogP contribution is -2.37. The Morgan fingerprint density at radius 2 is 2.05 bits per heavy atom. The lowest BCUT2D eigenvalue weighted by Gasteiger charge is -2.14. The quantitative estimate of drug-likeness (QED) is 0.577. The number of nitrogens with zero attached hydrogens (tertiary/aromatic N) is 3. The smallest absolute Gasteiger partial charge is 0.0640 e. The highest BCUT2D eigenvalue weighted by Crippen LogP contribution is 2.12. The molecule has 21 heavy (non-hydrogen) atoms. The molecule has 3 N–H and O–H groups in total. The first-order chi connectivity index (χ1) is 10.2. The lowest BCUT2D eigenvalue weighted by atomic mass is 10.0. The van der Waals surface area contributed by atoms with Gasteiger partial charge in [0.2, 0.25) is 0 Å². The van der Waals surface area contributed by atoms with Gasteiger partial charge in [0.25, 0.3) is 0 Å². The number of aromatic nitrogens is 3. The van der Waals surface area contributed by atoms with E-state index >= 15 is 0 Å². The molecule has 0 saturated heterocycles. The Morgan fingerprint density at radius 3 is 2.71 bits per heavy atom. The van der Waals surface area contributed by atoms with Gasteiger partial charge in [0.1, 0.15) is 0 Å². The van der Waals surface area contributed by atoms with Crippen LogP contribution in [0.4, 0.5) is 0 Å². The molecule has 0 spiro atoms. The average Bonchev–Trinajstić information content (AvgIpc) is 3.00. The number of hydrogen-bond donors (Lipinski definition) is 2. The van der Waals surface area contributed by atoms with Gasteiger partial charge in [-0.25, -0.2) is 0 Å². The molecule has 2 atom stereocenters. The molecule has 0 aliphatic carbocycles. The summed E-state index contributed by atoms with van der Waals surface area (Å²) in [6, 6.07) is 6.86. The van der Waals surface area contributed by atoms with Crippen LogP contribution < -0.4 is 11.3 Å². The number of hydrogen-bond acceptors (Lipinski definition) is 4. The van der Waals surface area contributed by atoms with E-state index in [0.29, 0.717) is 6.04 Å². The second-order valence-corrected chi connectivity index (χ2v) is 5.51. The van der Waals surface area contributed by atoms with Crippen molar-refractivity contribution in [3.8, 4) is 0 Å². The Labute approximate surface area is 126 Å². The van der Waals surface area contributed by atoms with Gasteiger partial charge in [0.15, 0.2) is 0 Å². The van der Waals surface area contributed by atoms with E-state index in [1.165, 1.54) is 5.56 Å². The Hall–Kier alpha value is -1.72. The molecule has 0 fully saturated rings. The number of pyridine rings is 1. The molecule has 0 aliphatic heterocycles. The molecule has 2 rings (SSSR count). The molecule has 2 unspecified atom stereocenters. The molecule has 114 valence electrons. The van der Waals surface area contributed by atoms with E-state index < -0.39 is 0 Å². The molecule has 2 aromatic rings. The van der Waals surface area contributed by atoms with Gasteiger partial charge in [-0.2, -0.15) is 5.10 Å². The molecular weight excluding hydrogens is 262 g/mol. The van der Waals surface area contributed by atoms with Gasteiger partial charge in [-0.15, -0.1) is 0 Å². The predicted molar refractivity (Wildman–Crippen MR) is 84.6 cm³/mol. The standard InChI is InChI=1S/C16H25N5/c1-3-13(2)21-11-8-16(20-21)12-15(19-17)5-4-14-6-9-18-10-7-14/h6-11,13,15,19H,3-5,12,17H2,1-2H3. The number of nitrogens with two attached hydrogens (primary N) is 1. The highest BCUT2D eigenvalue weighted by Gasteiger charge is 2.11. The van der Waals surface area contributed by atoms with E-state index in [1.54, 1.807) is 0 Å². The summed E-state index contributed by atoms with van der Waals surface area (Å²) in [6.07, 6.45) is 9.62. The van der Waals surface area contributed by atoms with Crippen molar-refractivity contribution in [3.05, 3.63) is 48.0 Å². The van der Waals surface area contributed by atoms with E-state index in [1.807, 2.05) is 29.2 Å². The summed E-state index contributed by atoms with van der Waals surface area (Å²) in [6.45, 7) is 4.35. The summed E-state index contributed by atoms with van der Waals surface area (Å²) in [7, 11) is 0.